The van der Waals surface area contributed by atoms with Gasteiger partial charge in [-0.3, -0.25) is 19.5 Å². The van der Waals surface area contributed by atoms with Crippen molar-refractivity contribution in [3.05, 3.63) is 10.4 Å². The van der Waals surface area contributed by atoms with Gasteiger partial charge in [-0.15, -0.1) is 6.42 Å². The highest BCUT2D eigenvalue weighted by Gasteiger charge is 2.32. The van der Waals surface area contributed by atoms with Crippen molar-refractivity contribution in [2.75, 3.05) is 29.1 Å². The maximum atomic E-state index is 12.3. The van der Waals surface area contributed by atoms with E-state index in [0.29, 0.717) is 12.8 Å². The zero-order valence-electron chi connectivity index (χ0n) is 13.3. The number of nitrogens with zero attached hydrogens (tertiary/aromatic N) is 3. The molecule has 1 amide bonds. The van der Waals surface area contributed by atoms with Crippen molar-refractivity contribution in [1.29, 1.82) is 0 Å². The summed E-state index contributed by atoms with van der Waals surface area (Å²) in [5.41, 5.74) is 5.37. The molecule has 1 aromatic heterocycles. The van der Waals surface area contributed by atoms with Crippen LogP contribution in [0, 0.1) is 12.3 Å². The van der Waals surface area contributed by atoms with E-state index in [4.69, 9.17) is 16.9 Å². The average Bonchev–Trinajstić information content (AvgIpc) is 2.96. The smallest absolute Gasteiger partial charge is 0.278 e. The first-order valence-electron chi connectivity index (χ1n) is 7.45. The van der Waals surface area contributed by atoms with Crippen LogP contribution in [0.4, 0.5) is 17.5 Å². The van der Waals surface area contributed by atoms with Gasteiger partial charge in [0, 0.05) is 7.05 Å². The molecule has 2 atom stereocenters. The van der Waals surface area contributed by atoms with Crippen molar-refractivity contribution in [1.82, 2.24) is 9.97 Å². The largest absolute Gasteiger partial charge is 0.369 e. The number of H-pyrrole nitrogens is 1. The molecule has 124 valence electrons. The first-order valence-corrected chi connectivity index (χ1v) is 7.45. The van der Waals surface area contributed by atoms with Gasteiger partial charge in [-0.25, -0.2) is 0 Å². The zero-order valence-corrected chi connectivity index (χ0v) is 13.3. The summed E-state index contributed by atoms with van der Waals surface area (Å²) in [5, 5.41) is 0. The maximum Gasteiger partial charge on any atom is 0.278 e. The number of anilines is 3. The molecule has 2 heterocycles. The maximum absolute atomic E-state index is 12.3. The summed E-state index contributed by atoms with van der Waals surface area (Å²) in [7, 11) is 1.65. The number of hydrogen-bond donors (Lipinski definition) is 2. The van der Waals surface area contributed by atoms with Crippen LogP contribution in [0.3, 0.4) is 0 Å². The third-order valence-electron chi connectivity index (χ3n) is 3.81. The van der Waals surface area contributed by atoms with E-state index in [0.717, 1.165) is 12.8 Å². The number of nitrogens with two attached hydrogens (primary N) is 1. The zero-order chi connectivity index (χ0) is 17.0. The minimum Gasteiger partial charge on any atom is -0.369 e. The van der Waals surface area contributed by atoms with Crippen LogP contribution in [0.5, 0.6) is 0 Å². The molecule has 0 aliphatic carbocycles. The summed E-state index contributed by atoms with van der Waals surface area (Å²) in [6.45, 7) is 2.21. The Bertz CT molecular complexity index is 666. The van der Waals surface area contributed by atoms with Gasteiger partial charge in [0.1, 0.15) is 11.9 Å². The topological polar surface area (TPSA) is 105 Å². The SMILES string of the molecule is C#CCN(C)c1c(N(C=O)C2CCC(CC)O2)nc(N)[nH]c1=O. The number of ether oxygens (including phenoxy) is 1. The fraction of sp³-hybridized carbons (Fsp3) is 0.533. The number of hydrogen-bond acceptors (Lipinski definition) is 6. The van der Waals surface area contributed by atoms with E-state index in [1.807, 2.05) is 6.92 Å². The molecule has 1 aliphatic heterocycles. The van der Waals surface area contributed by atoms with Crippen molar-refractivity contribution in [3.8, 4) is 12.3 Å². The van der Waals surface area contributed by atoms with Gasteiger partial charge in [0.25, 0.3) is 5.56 Å². The van der Waals surface area contributed by atoms with Crippen molar-refractivity contribution in [3.63, 3.8) is 0 Å². The second kappa shape index (κ2) is 7.15. The molecule has 1 saturated heterocycles. The number of terminal acetylenes is 1. The molecular weight excluding hydrogens is 298 g/mol. The molecule has 8 nitrogen and oxygen atoms in total. The Morgan fingerprint density at radius 3 is 2.87 bits per heavy atom. The van der Waals surface area contributed by atoms with Crippen LogP contribution >= 0.6 is 0 Å². The van der Waals surface area contributed by atoms with Gasteiger partial charge in [-0.1, -0.05) is 12.8 Å². The van der Waals surface area contributed by atoms with Gasteiger partial charge in [0.2, 0.25) is 12.4 Å². The quantitative estimate of drug-likeness (QED) is 0.577. The summed E-state index contributed by atoms with van der Waals surface area (Å²) in [5.74, 6) is 2.54. The van der Waals surface area contributed by atoms with Crippen molar-refractivity contribution in [2.45, 2.75) is 38.5 Å². The second-order valence-electron chi connectivity index (χ2n) is 5.39. The first kappa shape index (κ1) is 16.8. The summed E-state index contributed by atoms with van der Waals surface area (Å²) < 4.78 is 5.84. The van der Waals surface area contributed by atoms with E-state index >= 15 is 0 Å². The minimum atomic E-state index is -0.468. The monoisotopic (exact) mass is 319 g/mol. The lowest BCUT2D eigenvalue weighted by molar-refractivity contribution is -0.109. The molecule has 2 rings (SSSR count). The molecule has 0 spiro atoms. The molecule has 2 unspecified atom stereocenters. The fourth-order valence-electron chi connectivity index (χ4n) is 2.66. The third kappa shape index (κ3) is 3.46. The Morgan fingerprint density at radius 2 is 2.30 bits per heavy atom. The fourth-order valence-corrected chi connectivity index (χ4v) is 2.66. The highest BCUT2D eigenvalue weighted by molar-refractivity contribution is 5.82. The number of rotatable bonds is 6. The minimum absolute atomic E-state index is 0.0697. The Balaban J connectivity index is 2.45. The lowest BCUT2D eigenvalue weighted by Gasteiger charge is -2.28. The summed E-state index contributed by atoms with van der Waals surface area (Å²) in [6, 6.07) is 0. The molecule has 0 radical (unpaired) electrons. The number of aromatic nitrogens is 2. The van der Waals surface area contributed by atoms with Gasteiger partial charge in [-0.05, 0) is 19.3 Å². The van der Waals surface area contributed by atoms with Gasteiger partial charge in [0.05, 0.1) is 12.6 Å². The van der Waals surface area contributed by atoms with Gasteiger partial charge >= 0.3 is 0 Å². The molecule has 0 saturated carbocycles. The highest BCUT2D eigenvalue weighted by atomic mass is 16.5. The van der Waals surface area contributed by atoms with Crippen LogP contribution in [0.15, 0.2) is 4.79 Å². The van der Waals surface area contributed by atoms with Gasteiger partial charge < -0.3 is 15.4 Å². The van der Waals surface area contributed by atoms with E-state index in [-0.39, 0.29) is 30.1 Å². The van der Waals surface area contributed by atoms with E-state index in [2.05, 4.69) is 15.9 Å². The highest BCUT2D eigenvalue weighted by Crippen LogP contribution is 2.30. The molecule has 1 aromatic rings. The molecule has 1 fully saturated rings. The standard InChI is InChI=1S/C15H21N5O3/c1-4-8-19(3)12-13(17-15(16)18-14(12)22)20(9-21)11-7-6-10(5-2)23-11/h1,9-11H,5-8H2,2-3H3,(H3,16,17,18,22). The molecule has 0 bridgehead atoms. The Hall–Kier alpha value is -2.53. The Morgan fingerprint density at radius 1 is 1.57 bits per heavy atom. The lowest BCUT2D eigenvalue weighted by atomic mass is 10.2. The van der Waals surface area contributed by atoms with E-state index in [1.54, 1.807) is 11.9 Å². The number of aromatic amines is 1. The number of amides is 1. The normalized spacial score (nSPS) is 20.0. The average molecular weight is 319 g/mol. The van der Waals surface area contributed by atoms with Crippen LogP contribution in [0.2, 0.25) is 0 Å². The van der Waals surface area contributed by atoms with E-state index in [9.17, 15) is 9.59 Å². The van der Waals surface area contributed by atoms with Crippen LogP contribution in [0.1, 0.15) is 26.2 Å². The van der Waals surface area contributed by atoms with Crippen LogP contribution in [-0.4, -0.2) is 42.3 Å². The Kier molecular flexibility index (Phi) is 5.24. The lowest BCUT2D eigenvalue weighted by Crippen LogP contribution is -2.38. The predicted octanol–water partition coefficient (Wildman–Crippen LogP) is 0.299. The van der Waals surface area contributed by atoms with Crippen molar-refractivity contribution in [2.24, 2.45) is 0 Å². The number of nitrogens with one attached hydrogen (secondary N) is 1. The van der Waals surface area contributed by atoms with Crippen molar-refractivity contribution >= 4 is 23.9 Å². The van der Waals surface area contributed by atoms with Gasteiger partial charge in [0.15, 0.2) is 5.82 Å². The summed E-state index contributed by atoms with van der Waals surface area (Å²) >= 11 is 0. The molecule has 0 aromatic carbocycles. The Labute approximate surface area is 134 Å². The van der Waals surface area contributed by atoms with Crippen LogP contribution < -0.4 is 21.1 Å². The number of carbonyl (C=O) groups excluding carboxylic acids is 1. The first-order chi connectivity index (χ1) is 11.0. The van der Waals surface area contributed by atoms with E-state index < -0.39 is 11.8 Å². The third-order valence-corrected chi connectivity index (χ3v) is 3.81. The van der Waals surface area contributed by atoms with Crippen LogP contribution in [-0.2, 0) is 9.53 Å². The number of carbonyl (C=O) groups is 1. The van der Waals surface area contributed by atoms with Crippen molar-refractivity contribution < 1.29 is 9.53 Å². The molecular formula is C15H21N5O3. The second-order valence-corrected chi connectivity index (χ2v) is 5.39. The molecule has 3 N–H and O–H groups in total. The molecule has 23 heavy (non-hydrogen) atoms. The summed E-state index contributed by atoms with van der Waals surface area (Å²) in [4.78, 5) is 33.3. The number of nitrogen functional groups attached to an aromatic ring is 1. The van der Waals surface area contributed by atoms with Crippen LogP contribution in [0.25, 0.3) is 0 Å². The predicted molar refractivity (Wildman–Crippen MR) is 88.1 cm³/mol. The van der Waals surface area contributed by atoms with Gasteiger partial charge in [-0.2, -0.15) is 4.98 Å². The summed E-state index contributed by atoms with van der Waals surface area (Å²) in [6.07, 6.45) is 7.91. The molecule has 1 aliphatic rings. The molecule has 8 heteroatoms. The van der Waals surface area contributed by atoms with E-state index in [1.165, 1.54) is 4.90 Å².